The highest BCUT2D eigenvalue weighted by Gasteiger charge is 2.15. The second-order valence-electron chi connectivity index (χ2n) is 3.06. The molecule has 1 aromatic rings. The number of nitrogens with one attached hydrogen (secondary N) is 1. The first-order valence-electron chi connectivity index (χ1n) is 3.70. The molecule has 0 aliphatic rings. The first kappa shape index (κ1) is 9.41. The molecule has 0 unspecified atom stereocenters. The molecule has 0 amide bonds. The van der Waals surface area contributed by atoms with E-state index in [1.165, 1.54) is 17.9 Å². The van der Waals surface area contributed by atoms with Gasteiger partial charge in [0.25, 0.3) is 0 Å². The SMILES string of the molecule is COC(C)(C)CNc1ncns1. The maximum Gasteiger partial charge on any atom is 0.202 e. The fourth-order valence-corrected chi connectivity index (χ4v) is 1.04. The van der Waals surface area contributed by atoms with Crippen LogP contribution in [0.1, 0.15) is 13.8 Å². The molecular weight excluding hydrogens is 174 g/mol. The molecule has 0 aromatic carbocycles. The van der Waals surface area contributed by atoms with Gasteiger partial charge in [-0.3, -0.25) is 0 Å². The number of aromatic nitrogens is 2. The minimum atomic E-state index is -0.161. The molecule has 0 spiro atoms. The fourth-order valence-electron chi connectivity index (χ4n) is 0.612. The lowest BCUT2D eigenvalue weighted by molar-refractivity contribution is 0.0344. The van der Waals surface area contributed by atoms with E-state index in [-0.39, 0.29) is 5.60 Å². The van der Waals surface area contributed by atoms with E-state index in [2.05, 4.69) is 14.7 Å². The van der Waals surface area contributed by atoms with Gasteiger partial charge in [0.05, 0.1) is 5.60 Å². The van der Waals surface area contributed by atoms with Crippen LogP contribution in [0.4, 0.5) is 5.13 Å². The molecule has 1 rings (SSSR count). The summed E-state index contributed by atoms with van der Waals surface area (Å²) in [6.45, 7) is 4.76. The standard InChI is InChI=1S/C7H13N3OS/c1-7(2,11-3)4-8-6-9-5-10-12-6/h5H,4H2,1-3H3,(H,8,9,10). The highest BCUT2D eigenvalue weighted by atomic mass is 32.1. The number of ether oxygens (including phenoxy) is 1. The molecule has 0 aliphatic heterocycles. The van der Waals surface area contributed by atoms with Gasteiger partial charge >= 0.3 is 0 Å². The van der Waals surface area contributed by atoms with E-state index < -0.39 is 0 Å². The van der Waals surface area contributed by atoms with Gasteiger partial charge in [-0.2, -0.15) is 4.37 Å². The highest BCUT2D eigenvalue weighted by molar-refractivity contribution is 7.09. The molecule has 5 heteroatoms. The first-order valence-corrected chi connectivity index (χ1v) is 4.47. The molecular formula is C7H13N3OS. The number of rotatable bonds is 4. The second kappa shape index (κ2) is 3.82. The van der Waals surface area contributed by atoms with Gasteiger partial charge in [0.15, 0.2) is 0 Å². The Morgan fingerprint density at radius 1 is 1.67 bits per heavy atom. The van der Waals surface area contributed by atoms with Crippen molar-refractivity contribution in [2.45, 2.75) is 19.4 Å². The summed E-state index contributed by atoms with van der Waals surface area (Å²) < 4.78 is 9.11. The van der Waals surface area contributed by atoms with Gasteiger partial charge in [-0.15, -0.1) is 0 Å². The van der Waals surface area contributed by atoms with Gasteiger partial charge in [0.2, 0.25) is 5.13 Å². The van der Waals surface area contributed by atoms with Crippen molar-refractivity contribution in [3.8, 4) is 0 Å². The maximum absolute atomic E-state index is 5.23. The van der Waals surface area contributed by atoms with Gasteiger partial charge in [0.1, 0.15) is 6.33 Å². The van der Waals surface area contributed by atoms with E-state index in [0.29, 0.717) is 0 Å². The fraction of sp³-hybridized carbons (Fsp3) is 0.714. The quantitative estimate of drug-likeness (QED) is 0.773. The van der Waals surface area contributed by atoms with Crippen molar-refractivity contribution in [2.75, 3.05) is 19.0 Å². The number of methoxy groups -OCH3 is 1. The van der Waals surface area contributed by atoms with Crippen molar-refractivity contribution in [3.63, 3.8) is 0 Å². The number of nitrogens with zero attached hydrogens (tertiary/aromatic N) is 2. The number of hydrogen-bond acceptors (Lipinski definition) is 5. The van der Waals surface area contributed by atoms with Crippen molar-refractivity contribution in [2.24, 2.45) is 0 Å². The molecule has 0 radical (unpaired) electrons. The summed E-state index contributed by atoms with van der Waals surface area (Å²) in [5.41, 5.74) is -0.161. The zero-order valence-corrected chi connectivity index (χ0v) is 8.31. The Balaban J connectivity index is 2.36. The Hall–Kier alpha value is -0.680. The Morgan fingerprint density at radius 3 is 2.92 bits per heavy atom. The molecule has 12 heavy (non-hydrogen) atoms. The van der Waals surface area contributed by atoms with Gasteiger partial charge in [-0.25, -0.2) is 4.98 Å². The lowest BCUT2D eigenvalue weighted by Crippen LogP contribution is -2.31. The third-order valence-electron chi connectivity index (χ3n) is 1.58. The average Bonchev–Trinajstić information content (AvgIpc) is 2.53. The molecule has 1 aromatic heterocycles. The van der Waals surface area contributed by atoms with Crippen LogP contribution in [-0.4, -0.2) is 28.6 Å². The lowest BCUT2D eigenvalue weighted by atomic mass is 10.1. The monoisotopic (exact) mass is 187 g/mol. The summed E-state index contributed by atoms with van der Waals surface area (Å²) in [5.74, 6) is 0. The zero-order chi connectivity index (χ0) is 9.03. The van der Waals surface area contributed by atoms with Crippen LogP contribution in [0.5, 0.6) is 0 Å². The number of hydrogen-bond donors (Lipinski definition) is 1. The molecule has 0 saturated carbocycles. The van der Waals surface area contributed by atoms with Crippen molar-refractivity contribution < 1.29 is 4.74 Å². The third kappa shape index (κ3) is 2.75. The van der Waals surface area contributed by atoms with Crippen LogP contribution in [0.3, 0.4) is 0 Å². The Morgan fingerprint density at radius 2 is 2.42 bits per heavy atom. The van der Waals surface area contributed by atoms with Crippen molar-refractivity contribution in [3.05, 3.63) is 6.33 Å². The molecule has 0 fully saturated rings. The zero-order valence-electron chi connectivity index (χ0n) is 7.50. The maximum atomic E-state index is 5.23. The van der Waals surface area contributed by atoms with Crippen molar-refractivity contribution >= 4 is 16.7 Å². The number of anilines is 1. The average molecular weight is 187 g/mol. The predicted molar refractivity (Wildman–Crippen MR) is 49.5 cm³/mol. The largest absolute Gasteiger partial charge is 0.377 e. The lowest BCUT2D eigenvalue weighted by Gasteiger charge is -2.22. The van der Waals surface area contributed by atoms with E-state index in [4.69, 9.17) is 4.74 Å². The second-order valence-corrected chi connectivity index (χ2v) is 3.84. The van der Waals surface area contributed by atoms with Crippen LogP contribution >= 0.6 is 11.5 Å². The summed E-state index contributed by atoms with van der Waals surface area (Å²) in [5, 5.41) is 3.97. The van der Waals surface area contributed by atoms with Crippen LogP contribution < -0.4 is 5.32 Å². The molecule has 0 atom stereocenters. The smallest absolute Gasteiger partial charge is 0.202 e. The van der Waals surface area contributed by atoms with Gasteiger partial charge in [-0.1, -0.05) is 0 Å². The Kier molecular flexibility index (Phi) is 2.99. The van der Waals surface area contributed by atoms with Crippen LogP contribution in [-0.2, 0) is 4.74 Å². The van der Waals surface area contributed by atoms with Crippen LogP contribution in [0, 0.1) is 0 Å². The summed E-state index contributed by atoms with van der Waals surface area (Å²) in [6.07, 6.45) is 1.53. The molecule has 68 valence electrons. The molecule has 4 nitrogen and oxygen atoms in total. The van der Waals surface area contributed by atoms with Crippen LogP contribution in [0.2, 0.25) is 0 Å². The molecule has 1 heterocycles. The molecule has 0 bridgehead atoms. The molecule has 1 N–H and O–H groups in total. The predicted octanol–water partition coefficient (Wildman–Crippen LogP) is 1.37. The van der Waals surface area contributed by atoms with Gasteiger partial charge in [-0.05, 0) is 13.8 Å². The van der Waals surface area contributed by atoms with Gasteiger partial charge in [0, 0.05) is 25.2 Å². The summed E-state index contributed by atoms with van der Waals surface area (Å²) in [6, 6.07) is 0. The summed E-state index contributed by atoms with van der Waals surface area (Å²) >= 11 is 1.35. The molecule has 0 aliphatic carbocycles. The Bertz CT molecular complexity index is 223. The van der Waals surface area contributed by atoms with E-state index in [1.807, 2.05) is 13.8 Å². The van der Waals surface area contributed by atoms with E-state index in [1.54, 1.807) is 7.11 Å². The van der Waals surface area contributed by atoms with Crippen LogP contribution in [0.25, 0.3) is 0 Å². The third-order valence-corrected chi connectivity index (χ3v) is 2.20. The minimum absolute atomic E-state index is 0.161. The first-order chi connectivity index (χ1) is 5.64. The van der Waals surface area contributed by atoms with Crippen LogP contribution in [0.15, 0.2) is 6.33 Å². The minimum Gasteiger partial charge on any atom is -0.377 e. The van der Waals surface area contributed by atoms with E-state index >= 15 is 0 Å². The normalized spacial score (nSPS) is 11.6. The van der Waals surface area contributed by atoms with E-state index in [0.717, 1.165) is 11.7 Å². The topological polar surface area (TPSA) is 47.0 Å². The van der Waals surface area contributed by atoms with Gasteiger partial charge < -0.3 is 10.1 Å². The Labute approximate surface area is 76.1 Å². The summed E-state index contributed by atoms with van der Waals surface area (Å²) in [4.78, 5) is 3.99. The molecule has 0 saturated heterocycles. The highest BCUT2D eigenvalue weighted by Crippen LogP contribution is 2.11. The van der Waals surface area contributed by atoms with E-state index in [9.17, 15) is 0 Å². The summed E-state index contributed by atoms with van der Waals surface area (Å²) in [7, 11) is 1.70. The van der Waals surface area contributed by atoms with Crippen molar-refractivity contribution in [1.29, 1.82) is 0 Å². The van der Waals surface area contributed by atoms with Crippen molar-refractivity contribution in [1.82, 2.24) is 9.36 Å².